The molecule has 0 unspecified atom stereocenters. The summed E-state index contributed by atoms with van der Waals surface area (Å²) < 4.78 is 1.69. The molecule has 0 atom stereocenters. The van der Waals surface area contributed by atoms with Gasteiger partial charge in [0.1, 0.15) is 5.82 Å². The molecule has 4 heteroatoms. The van der Waals surface area contributed by atoms with E-state index in [0.717, 1.165) is 24.4 Å². The lowest BCUT2D eigenvalue weighted by Crippen LogP contribution is -2.09. The smallest absolute Gasteiger partial charge is 0.222 e. The van der Waals surface area contributed by atoms with Crippen LogP contribution in [0.5, 0.6) is 0 Å². The van der Waals surface area contributed by atoms with E-state index in [0.29, 0.717) is 0 Å². The number of rotatable bonds is 3. The van der Waals surface area contributed by atoms with E-state index >= 15 is 0 Å². The van der Waals surface area contributed by atoms with Gasteiger partial charge in [0.2, 0.25) is 5.91 Å². The van der Waals surface area contributed by atoms with E-state index in [9.17, 15) is 4.79 Å². The highest BCUT2D eigenvalue weighted by atomic mass is 16.1. The SMILES string of the molecule is CCCc1cc(NC(C)=O)n(C)n1. The van der Waals surface area contributed by atoms with Gasteiger partial charge in [-0.3, -0.25) is 9.48 Å². The van der Waals surface area contributed by atoms with Crippen LogP contribution < -0.4 is 5.32 Å². The second-order valence-corrected chi connectivity index (χ2v) is 3.08. The van der Waals surface area contributed by atoms with Gasteiger partial charge >= 0.3 is 0 Å². The fourth-order valence-corrected chi connectivity index (χ4v) is 1.20. The summed E-state index contributed by atoms with van der Waals surface area (Å²) in [5.74, 6) is 0.696. The molecule has 1 N–H and O–H groups in total. The van der Waals surface area contributed by atoms with E-state index in [4.69, 9.17) is 0 Å². The first-order valence-corrected chi connectivity index (χ1v) is 4.44. The topological polar surface area (TPSA) is 46.9 Å². The lowest BCUT2D eigenvalue weighted by Gasteiger charge is -1.99. The zero-order chi connectivity index (χ0) is 9.84. The van der Waals surface area contributed by atoms with Gasteiger partial charge in [-0.2, -0.15) is 5.10 Å². The Balaban J connectivity index is 2.77. The van der Waals surface area contributed by atoms with Crippen molar-refractivity contribution in [3.63, 3.8) is 0 Å². The highest BCUT2D eigenvalue weighted by Crippen LogP contribution is 2.10. The van der Waals surface area contributed by atoms with Crippen LogP contribution in [0.25, 0.3) is 0 Å². The first-order chi connectivity index (χ1) is 6.13. The summed E-state index contributed by atoms with van der Waals surface area (Å²) in [6.07, 6.45) is 2.02. The first-order valence-electron chi connectivity index (χ1n) is 4.44. The van der Waals surface area contributed by atoms with Gasteiger partial charge in [-0.25, -0.2) is 0 Å². The van der Waals surface area contributed by atoms with Crippen molar-refractivity contribution in [1.82, 2.24) is 9.78 Å². The number of anilines is 1. The number of aryl methyl sites for hydroxylation is 2. The van der Waals surface area contributed by atoms with Gasteiger partial charge in [0, 0.05) is 20.0 Å². The fraction of sp³-hybridized carbons (Fsp3) is 0.556. The molecule has 0 aliphatic heterocycles. The van der Waals surface area contributed by atoms with Crippen LogP contribution in [0.3, 0.4) is 0 Å². The van der Waals surface area contributed by atoms with E-state index < -0.39 is 0 Å². The molecule has 1 aromatic heterocycles. The first kappa shape index (κ1) is 9.77. The zero-order valence-electron chi connectivity index (χ0n) is 8.29. The zero-order valence-corrected chi connectivity index (χ0v) is 8.29. The predicted octanol–water partition coefficient (Wildman–Crippen LogP) is 1.33. The standard InChI is InChI=1S/C9H15N3O/c1-4-5-8-6-9(10-7(2)13)12(3)11-8/h6H,4-5H2,1-3H3,(H,10,13). The number of nitrogens with one attached hydrogen (secondary N) is 1. The quantitative estimate of drug-likeness (QED) is 0.764. The van der Waals surface area contributed by atoms with Gasteiger partial charge in [-0.05, 0) is 6.42 Å². The Hall–Kier alpha value is -1.32. The maximum absolute atomic E-state index is 10.8. The summed E-state index contributed by atoms with van der Waals surface area (Å²) in [6.45, 7) is 3.60. The second-order valence-electron chi connectivity index (χ2n) is 3.08. The third-order valence-corrected chi connectivity index (χ3v) is 1.74. The van der Waals surface area contributed by atoms with Crippen molar-refractivity contribution in [1.29, 1.82) is 0 Å². The van der Waals surface area contributed by atoms with Gasteiger partial charge < -0.3 is 5.32 Å². The number of amides is 1. The monoisotopic (exact) mass is 181 g/mol. The van der Waals surface area contributed by atoms with E-state index in [2.05, 4.69) is 17.3 Å². The number of nitrogens with zero attached hydrogens (tertiary/aromatic N) is 2. The molecular weight excluding hydrogens is 166 g/mol. The predicted molar refractivity (Wildman–Crippen MR) is 51.5 cm³/mol. The molecule has 4 nitrogen and oxygen atoms in total. The van der Waals surface area contributed by atoms with Crippen LogP contribution in [0.1, 0.15) is 26.0 Å². The Morgan fingerprint density at radius 1 is 1.69 bits per heavy atom. The van der Waals surface area contributed by atoms with E-state index in [1.54, 1.807) is 4.68 Å². The third kappa shape index (κ3) is 2.57. The summed E-state index contributed by atoms with van der Waals surface area (Å²) in [7, 11) is 1.82. The molecule has 0 aliphatic carbocycles. The maximum atomic E-state index is 10.8. The highest BCUT2D eigenvalue weighted by Gasteiger charge is 2.04. The minimum Gasteiger partial charge on any atom is -0.311 e. The number of carbonyl (C=O) groups excluding carboxylic acids is 1. The van der Waals surface area contributed by atoms with E-state index in [-0.39, 0.29) is 5.91 Å². The van der Waals surface area contributed by atoms with Crippen molar-refractivity contribution in [2.45, 2.75) is 26.7 Å². The van der Waals surface area contributed by atoms with Crippen molar-refractivity contribution in [2.75, 3.05) is 5.32 Å². The molecular formula is C9H15N3O. The molecule has 0 saturated heterocycles. The van der Waals surface area contributed by atoms with Crippen LogP contribution in [0.4, 0.5) is 5.82 Å². The fourth-order valence-electron chi connectivity index (χ4n) is 1.20. The Kier molecular flexibility index (Phi) is 3.06. The van der Waals surface area contributed by atoms with E-state index in [1.165, 1.54) is 6.92 Å². The Bertz CT molecular complexity index is 304. The third-order valence-electron chi connectivity index (χ3n) is 1.74. The normalized spacial score (nSPS) is 10.1. The molecule has 0 radical (unpaired) electrons. The van der Waals surface area contributed by atoms with Crippen LogP contribution in [0.15, 0.2) is 6.07 Å². The molecule has 0 fully saturated rings. The molecule has 1 aromatic rings. The van der Waals surface area contributed by atoms with Gasteiger partial charge in [0.15, 0.2) is 0 Å². The second kappa shape index (κ2) is 4.07. The Labute approximate surface area is 77.9 Å². The van der Waals surface area contributed by atoms with Gasteiger partial charge in [0.25, 0.3) is 0 Å². The molecule has 0 bridgehead atoms. The summed E-state index contributed by atoms with van der Waals surface area (Å²) in [5, 5.41) is 6.97. The largest absolute Gasteiger partial charge is 0.311 e. The van der Waals surface area contributed by atoms with Crippen molar-refractivity contribution in [2.24, 2.45) is 7.05 Å². The van der Waals surface area contributed by atoms with Crippen molar-refractivity contribution in [3.05, 3.63) is 11.8 Å². The van der Waals surface area contributed by atoms with E-state index in [1.807, 2.05) is 13.1 Å². The molecule has 0 spiro atoms. The van der Waals surface area contributed by atoms with Gasteiger partial charge in [0.05, 0.1) is 5.69 Å². The van der Waals surface area contributed by atoms with Crippen LogP contribution in [0, 0.1) is 0 Å². The van der Waals surface area contributed by atoms with Crippen molar-refractivity contribution >= 4 is 11.7 Å². The summed E-state index contributed by atoms with van der Waals surface area (Å²) in [5.41, 5.74) is 1.02. The molecule has 0 aromatic carbocycles. The average molecular weight is 181 g/mol. The van der Waals surface area contributed by atoms with Crippen LogP contribution in [0.2, 0.25) is 0 Å². The number of carbonyl (C=O) groups is 1. The summed E-state index contributed by atoms with van der Waals surface area (Å²) in [6, 6.07) is 1.91. The van der Waals surface area contributed by atoms with Gasteiger partial charge in [-0.1, -0.05) is 13.3 Å². The molecule has 0 saturated carbocycles. The molecule has 1 amide bonds. The van der Waals surface area contributed by atoms with Crippen LogP contribution in [-0.2, 0) is 18.3 Å². The molecule has 13 heavy (non-hydrogen) atoms. The molecule has 1 rings (SSSR count). The number of aromatic nitrogens is 2. The van der Waals surface area contributed by atoms with Crippen LogP contribution in [-0.4, -0.2) is 15.7 Å². The minimum atomic E-state index is -0.0638. The lowest BCUT2D eigenvalue weighted by molar-refractivity contribution is -0.114. The van der Waals surface area contributed by atoms with Crippen molar-refractivity contribution < 1.29 is 4.79 Å². The van der Waals surface area contributed by atoms with Crippen molar-refractivity contribution in [3.8, 4) is 0 Å². The molecule has 1 heterocycles. The van der Waals surface area contributed by atoms with Crippen LogP contribution >= 0.6 is 0 Å². The summed E-state index contributed by atoms with van der Waals surface area (Å²) in [4.78, 5) is 10.8. The van der Waals surface area contributed by atoms with Gasteiger partial charge in [-0.15, -0.1) is 0 Å². The molecule has 72 valence electrons. The average Bonchev–Trinajstić information content (AvgIpc) is 2.31. The lowest BCUT2D eigenvalue weighted by atomic mass is 10.2. The number of hydrogen-bond donors (Lipinski definition) is 1. The highest BCUT2D eigenvalue weighted by molar-refractivity contribution is 5.87. The number of hydrogen-bond acceptors (Lipinski definition) is 2. The maximum Gasteiger partial charge on any atom is 0.222 e. The molecule has 0 aliphatic rings. The minimum absolute atomic E-state index is 0.0638. The Morgan fingerprint density at radius 2 is 2.38 bits per heavy atom. The Morgan fingerprint density at radius 3 is 2.92 bits per heavy atom. The summed E-state index contributed by atoms with van der Waals surface area (Å²) >= 11 is 0.